The van der Waals surface area contributed by atoms with Gasteiger partial charge in [0.2, 0.25) is 0 Å². The molecule has 0 saturated carbocycles. The smallest absolute Gasteiger partial charge is 0.0629 e. The van der Waals surface area contributed by atoms with Gasteiger partial charge in [-0.3, -0.25) is 4.90 Å². The number of aliphatic hydroxyl groups is 1. The van der Waals surface area contributed by atoms with Crippen LogP contribution in [0.25, 0.3) is 0 Å². The zero-order valence-corrected chi connectivity index (χ0v) is 15.7. The third-order valence-corrected chi connectivity index (χ3v) is 5.44. The molecule has 6 heteroatoms. The van der Waals surface area contributed by atoms with Crippen LogP contribution in [0.5, 0.6) is 0 Å². The second-order valence-electron chi connectivity index (χ2n) is 5.58. The van der Waals surface area contributed by atoms with Gasteiger partial charge in [0.05, 0.1) is 12.6 Å². The quantitative estimate of drug-likeness (QED) is 0.820. The van der Waals surface area contributed by atoms with Gasteiger partial charge in [-0.05, 0) is 35.9 Å². The first-order chi connectivity index (χ1) is 11.3. The molecule has 0 unspecified atom stereocenters. The summed E-state index contributed by atoms with van der Waals surface area (Å²) in [5, 5.41) is 14.1. The highest BCUT2D eigenvalue weighted by Crippen LogP contribution is 2.35. The summed E-state index contributed by atoms with van der Waals surface area (Å²) in [6.07, 6.45) is 0. The van der Waals surface area contributed by atoms with E-state index >= 15 is 0 Å². The molecule has 1 heterocycles. The highest BCUT2D eigenvalue weighted by atomic mass is 35.5. The van der Waals surface area contributed by atoms with Crippen molar-refractivity contribution in [2.24, 2.45) is 0 Å². The van der Waals surface area contributed by atoms with Crippen molar-refractivity contribution >= 4 is 35.8 Å². The molecule has 0 spiro atoms. The average Bonchev–Trinajstić information content (AvgIpc) is 2.60. The first kappa shape index (κ1) is 19.6. The van der Waals surface area contributed by atoms with Crippen molar-refractivity contribution < 1.29 is 5.11 Å². The number of rotatable bonds is 5. The van der Waals surface area contributed by atoms with Gasteiger partial charge >= 0.3 is 0 Å². The van der Waals surface area contributed by atoms with Gasteiger partial charge in [0.15, 0.2) is 0 Å². The van der Waals surface area contributed by atoms with Crippen LogP contribution in [-0.2, 0) is 0 Å². The molecule has 1 aliphatic rings. The van der Waals surface area contributed by atoms with Gasteiger partial charge in [-0.1, -0.05) is 41.6 Å². The van der Waals surface area contributed by atoms with E-state index in [0.717, 1.165) is 36.1 Å². The van der Waals surface area contributed by atoms with Gasteiger partial charge in [0, 0.05) is 41.0 Å². The van der Waals surface area contributed by atoms with Gasteiger partial charge in [-0.2, -0.15) is 0 Å². The number of piperazine rings is 1. The fourth-order valence-corrected chi connectivity index (χ4v) is 4.00. The molecule has 1 atom stereocenters. The number of halogens is 2. The molecule has 2 aromatic rings. The molecule has 0 amide bonds. The average molecular weight is 385 g/mol. The molecule has 0 aliphatic carbocycles. The van der Waals surface area contributed by atoms with E-state index in [1.807, 2.05) is 36.4 Å². The van der Waals surface area contributed by atoms with Crippen molar-refractivity contribution in [1.82, 2.24) is 10.2 Å². The van der Waals surface area contributed by atoms with Gasteiger partial charge in [0.1, 0.15) is 0 Å². The van der Waals surface area contributed by atoms with Gasteiger partial charge in [-0.15, -0.1) is 12.4 Å². The SMILES string of the molecule is Cl.OC[C@H](c1ccccc1Sc1ccc(Cl)cc1)N1CCNCC1. The molecule has 0 radical (unpaired) electrons. The van der Waals surface area contributed by atoms with Crippen LogP contribution in [0.15, 0.2) is 58.3 Å². The summed E-state index contributed by atoms with van der Waals surface area (Å²) < 4.78 is 0. The lowest BCUT2D eigenvalue weighted by Gasteiger charge is -2.35. The van der Waals surface area contributed by atoms with Crippen LogP contribution in [0, 0.1) is 0 Å². The Morgan fingerprint density at radius 1 is 1.08 bits per heavy atom. The predicted octanol–water partition coefficient (Wildman–Crippen LogP) is 3.85. The van der Waals surface area contributed by atoms with E-state index < -0.39 is 0 Å². The predicted molar refractivity (Wildman–Crippen MR) is 104 cm³/mol. The van der Waals surface area contributed by atoms with Crippen LogP contribution < -0.4 is 5.32 Å². The summed E-state index contributed by atoms with van der Waals surface area (Å²) in [4.78, 5) is 4.70. The van der Waals surface area contributed by atoms with Crippen LogP contribution in [0.3, 0.4) is 0 Å². The number of benzene rings is 2. The van der Waals surface area contributed by atoms with E-state index in [0.29, 0.717) is 0 Å². The molecule has 1 saturated heterocycles. The Balaban J connectivity index is 0.00000208. The molecule has 24 heavy (non-hydrogen) atoms. The summed E-state index contributed by atoms with van der Waals surface area (Å²) in [5.74, 6) is 0. The lowest BCUT2D eigenvalue weighted by atomic mass is 10.1. The zero-order valence-electron chi connectivity index (χ0n) is 13.3. The molecule has 0 bridgehead atoms. The van der Waals surface area contributed by atoms with Crippen molar-refractivity contribution in [2.45, 2.75) is 15.8 Å². The zero-order chi connectivity index (χ0) is 16.1. The van der Waals surface area contributed by atoms with Gasteiger partial charge < -0.3 is 10.4 Å². The number of aliphatic hydroxyl groups excluding tert-OH is 1. The Morgan fingerprint density at radius 2 is 1.75 bits per heavy atom. The molecular formula is C18H22Cl2N2OS. The second-order valence-corrected chi connectivity index (χ2v) is 7.13. The van der Waals surface area contributed by atoms with E-state index in [9.17, 15) is 5.11 Å². The minimum atomic E-state index is 0. The fourth-order valence-electron chi connectivity index (χ4n) is 2.88. The normalized spacial score (nSPS) is 16.4. The van der Waals surface area contributed by atoms with E-state index in [1.54, 1.807) is 11.8 Å². The molecule has 1 aliphatic heterocycles. The second kappa shape index (κ2) is 9.66. The van der Waals surface area contributed by atoms with Crippen LogP contribution >= 0.6 is 35.8 Å². The fraction of sp³-hybridized carbons (Fsp3) is 0.333. The number of hydrogen-bond donors (Lipinski definition) is 2. The Bertz CT molecular complexity index is 633. The Labute approximate surface area is 158 Å². The van der Waals surface area contributed by atoms with Crippen molar-refractivity contribution in [2.75, 3.05) is 32.8 Å². The van der Waals surface area contributed by atoms with Crippen LogP contribution in [0.1, 0.15) is 11.6 Å². The summed E-state index contributed by atoms with van der Waals surface area (Å²) >= 11 is 7.68. The summed E-state index contributed by atoms with van der Waals surface area (Å²) in [6, 6.07) is 16.3. The lowest BCUT2D eigenvalue weighted by Crippen LogP contribution is -2.46. The van der Waals surface area contributed by atoms with E-state index in [2.05, 4.69) is 22.3 Å². The van der Waals surface area contributed by atoms with Crippen molar-refractivity contribution in [1.29, 1.82) is 0 Å². The number of nitrogens with one attached hydrogen (secondary N) is 1. The third-order valence-electron chi connectivity index (χ3n) is 4.08. The maximum atomic E-state index is 9.97. The largest absolute Gasteiger partial charge is 0.394 e. The summed E-state index contributed by atoms with van der Waals surface area (Å²) in [6.45, 7) is 4.01. The monoisotopic (exact) mass is 384 g/mol. The summed E-state index contributed by atoms with van der Waals surface area (Å²) in [5.41, 5.74) is 1.19. The van der Waals surface area contributed by atoms with Crippen LogP contribution in [0.4, 0.5) is 0 Å². The standard InChI is InChI=1S/C18H21ClN2OS.ClH/c19-14-5-7-15(8-6-14)23-18-4-2-1-3-16(18)17(13-22)21-11-9-20-10-12-21;/h1-8,17,20,22H,9-13H2;1H/t17-;/m1./s1. The Morgan fingerprint density at radius 3 is 2.42 bits per heavy atom. The minimum Gasteiger partial charge on any atom is -0.394 e. The molecule has 3 nitrogen and oxygen atoms in total. The molecular weight excluding hydrogens is 363 g/mol. The van der Waals surface area contributed by atoms with E-state index in [1.165, 1.54) is 10.5 Å². The van der Waals surface area contributed by atoms with E-state index in [4.69, 9.17) is 11.6 Å². The van der Waals surface area contributed by atoms with Gasteiger partial charge in [-0.25, -0.2) is 0 Å². The Hall–Kier alpha value is -0.750. The first-order valence-corrected chi connectivity index (χ1v) is 9.05. The minimum absolute atomic E-state index is 0. The van der Waals surface area contributed by atoms with E-state index in [-0.39, 0.29) is 25.1 Å². The molecule has 2 aromatic carbocycles. The number of nitrogens with zero attached hydrogens (tertiary/aromatic N) is 1. The molecule has 130 valence electrons. The molecule has 3 rings (SSSR count). The highest BCUT2D eigenvalue weighted by Gasteiger charge is 2.23. The summed E-state index contributed by atoms with van der Waals surface area (Å²) in [7, 11) is 0. The first-order valence-electron chi connectivity index (χ1n) is 7.86. The highest BCUT2D eigenvalue weighted by molar-refractivity contribution is 7.99. The van der Waals surface area contributed by atoms with Crippen molar-refractivity contribution in [3.63, 3.8) is 0 Å². The van der Waals surface area contributed by atoms with Crippen LogP contribution in [0.2, 0.25) is 5.02 Å². The Kier molecular flexibility index (Phi) is 7.88. The topological polar surface area (TPSA) is 35.5 Å². The maximum Gasteiger partial charge on any atom is 0.0629 e. The van der Waals surface area contributed by atoms with Crippen LogP contribution in [-0.4, -0.2) is 42.8 Å². The molecule has 1 fully saturated rings. The van der Waals surface area contributed by atoms with Crippen molar-refractivity contribution in [3.8, 4) is 0 Å². The molecule has 2 N–H and O–H groups in total. The maximum absolute atomic E-state index is 9.97. The third kappa shape index (κ3) is 4.88. The lowest BCUT2D eigenvalue weighted by molar-refractivity contribution is 0.109. The number of hydrogen-bond acceptors (Lipinski definition) is 4. The van der Waals surface area contributed by atoms with Gasteiger partial charge in [0.25, 0.3) is 0 Å². The molecule has 0 aromatic heterocycles. The van der Waals surface area contributed by atoms with Crippen molar-refractivity contribution in [3.05, 3.63) is 59.1 Å².